The molecule has 2 atom stereocenters. The van der Waals surface area contributed by atoms with Gasteiger partial charge in [0.2, 0.25) is 0 Å². The van der Waals surface area contributed by atoms with Crippen LogP contribution < -0.4 is 5.32 Å². The Morgan fingerprint density at radius 3 is 2.48 bits per heavy atom. The monoisotopic (exact) mass is 350 g/mol. The van der Waals surface area contributed by atoms with Gasteiger partial charge in [-0.3, -0.25) is 4.90 Å². The lowest BCUT2D eigenvalue weighted by atomic mass is 9.84. The molecule has 116 valence electrons. The summed E-state index contributed by atoms with van der Waals surface area (Å²) in [7, 11) is 0. The first-order valence-electron chi connectivity index (χ1n) is 8.20. The van der Waals surface area contributed by atoms with Crippen molar-refractivity contribution in [3.63, 3.8) is 0 Å². The minimum Gasteiger partial charge on any atom is -0.308 e. The normalized spacial score (nSPS) is 34.1. The van der Waals surface area contributed by atoms with Gasteiger partial charge >= 0.3 is 0 Å². The standard InChI is InChI=1S/C18H27BrN2/c1-4-17(2)12-20-18(3,15-7-8-15)13-21(17)11-14-5-9-16(19)10-6-14/h5-6,9-10,15,20H,4,7-8,11-13H2,1-3H3. The summed E-state index contributed by atoms with van der Waals surface area (Å²) in [5.74, 6) is 0.881. The average Bonchev–Trinajstić information content (AvgIpc) is 3.31. The molecule has 2 aliphatic rings. The molecule has 0 amide bonds. The number of nitrogens with one attached hydrogen (secondary N) is 1. The summed E-state index contributed by atoms with van der Waals surface area (Å²) in [5, 5.41) is 3.87. The van der Waals surface area contributed by atoms with E-state index in [1.807, 2.05) is 0 Å². The van der Waals surface area contributed by atoms with Gasteiger partial charge in [-0.15, -0.1) is 0 Å². The van der Waals surface area contributed by atoms with Crippen LogP contribution in [0.2, 0.25) is 0 Å². The highest BCUT2D eigenvalue weighted by atomic mass is 79.9. The Balaban J connectivity index is 1.78. The second-order valence-corrected chi connectivity index (χ2v) is 8.29. The van der Waals surface area contributed by atoms with Crippen LogP contribution in [0, 0.1) is 5.92 Å². The zero-order valence-corrected chi connectivity index (χ0v) is 15.0. The Labute approximate surface area is 137 Å². The smallest absolute Gasteiger partial charge is 0.0309 e. The molecule has 0 bridgehead atoms. The Morgan fingerprint density at radius 2 is 1.90 bits per heavy atom. The number of nitrogens with zero attached hydrogens (tertiary/aromatic N) is 1. The van der Waals surface area contributed by atoms with Crippen molar-refractivity contribution in [2.75, 3.05) is 13.1 Å². The molecule has 0 radical (unpaired) electrons. The molecule has 1 heterocycles. The molecule has 1 aromatic carbocycles. The topological polar surface area (TPSA) is 15.3 Å². The molecule has 0 aromatic heterocycles. The van der Waals surface area contributed by atoms with E-state index in [1.54, 1.807) is 0 Å². The number of halogens is 1. The van der Waals surface area contributed by atoms with Crippen LogP contribution >= 0.6 is 15.9 Å². The number of hydrogen-bond acceptors (Lipinski definition) is 2. The zero-order valence-electron chi connectivity index (χ0n) is 13.5. The highest BCUT2D eigenvalue weighted by molar-refractivity contribution is 9.10. The molecule has 2 unspecified atom stereocenters. The molecule has 2 fully saturated rings. The molecule has 2 nitrogen and oxygen atoms in total. The summed E-state index contributed by atoms with van der Waals surface area (Å²) >= 11 is 3.53. The molecule has 21 heavy (non-hydrogen) atoms. The molecule has 0 spiro atoms. The lowest BCUT2D eigenvalue weighted by Crippen LogP contribution is -2.68. The zero-order chi connectivity index (χ0) is 15.1. The van der Waals surface area contributed by atoms with E-state index in [1.165, 1.54) is 24.8 Å². The van der Waals surface area contributed by atoms with E-state index in [-0.39, 0.29) is 5.54 Å². The minimum atomic E-state index is 0.265. The van der Waals surface area contributed by atoms with E-state index in [4.69, 9.17) is 0 Å². The minimum absolute atomic E-state index is 0.265. The van der Waals surface area contributed by atoms with Gasteiger partial charge in [-0.1, -0.05) is 35.0 Å². The van der Waals surface area contributed by atoms with Crippen molar-refractivity contribution in [2.45, 2.75) is 57.7 Å². The molecule has 3 rings (SSSR count). The van der Waals surface area contributed by atoms with Crippen molar-refractivity contribution in [2.24, 2.45) is 5.92 Å². The summed E-state index contributed by atoms with van der Waals surface area (Å²) in [6.07, 6.45) is 3.99. The van der Waals surface area contributed by atoms with E-state index >= 15 is 0 Å². The van der Waals surface area contributed by atoms with Crippen LogP contribution in [0.5, 0.6) is 0 Å². The quantitative estimate of drug-likeness (QED) is 0.875. The number of rotatable bonds is 4. The first-order chi connectivity index (χ1) is 9.95. The van der Waals surface area contributed by atoms with Gasteiger partial charge in [0.1, 0.15) is 0 Å². The predicted octanol–water partition coefficient (Wildman–Crippen LogP) is 4.19. The first kappa shape index (κ1) is 15.5. The van der Waals surface area contributed by atoms with Crippen molar-refractivity contribution in [3.05, 3.63) is 34.3 Å². The second-order valence-electron chi connectivity index (χ2n) is 7.38. The summed E-state index contributed by atoms with van der Waals surface area (Å²) in [5.41, 5.74) is 1.99. The van der Waals surface area contributed by atoms with Crippen LogP contribution in [0.25, 0.3) is 0 Å². The Bertz CT molecular complexity index is 496. The molecule has 1 aromatic rings. The van der Waals surface area contributed by atoms with Gasteiger partial charge in [0.05, 0.1) is 0 Å². The molecular weight excluding hydrogens is 324 g/mol. The van der Waals surface area contributed by atoms with E-state index < -0.39 is 0 Å². The van der Waals surface area contributed by atoms with Gasteiger partial charge in [-0.25, -0.2) is 0 Å². The van der Waals surface area contributed by atoms with Crippen molar-refractivity contribution in [1.29, 1.82) is 0 Å². The third-order valence-electron chi connectivity index (χ3n) is 5.68. The van der Waals surface area contributed by atoms with Crippen LogP contribution in [0.15, 0.2) is 28.7 Å². The number of hydrogen-bond donors (Lipinski definition) is 1. The molecule has 1 aliphatic carbocycles. The van der Waals surface area contributed by atoms with Gasteiger partial charge in [0.15, 0.2) is 0 Å². The Kier molecular flexibility index (Phi) is 4.19. The second kappa shape index (κ2) is 5.68. The number of piperazine rings is 1. The highest BCUT2D eigenvalue weighted by Crippen LogP contribution is 2.43. The van der Waals surface area contributed by atoms with Crippen LogP contribution in [-0.4, -0.2) is 29.1 Å². The van der Waals surface area contributed by atoms with E-state index in [2.05, 4.69) is 71.2 Å². The predicted molar refractivity (Wildman–Crippen MR) is 92.4 cm³/mol. The highest BCUT2D eigenvalue weighted by Gasteiger charge is 2.48. The third kappa shape index (κ3) is 3.20. The molecule has 1 saturated carbocycles. The van der Waals surface area contributed by atoms with Crippen LogP contribution in [0.1, 0.15) is 45.6 Å². The van der Waals surface area contributed by atoms with Crippen LogP contribution in [0.3, 0.4) is 0 Å². The van der Waals surface area contributed by atoms with E-state index in [0.29, 0.717) is 5.54 Å². The molecular formula is C18H27BrN2. The lowest BCUT2D eigenvalue weighted by molar-refractivity contribution is 0.00425. The van der Waals surface area contributed by atoms with Crippen molar-refractivity contribution in [1.82, 2.24) is 10.2 Å². The van der Waals surface area contributed by atoms with E-state index in [0.717, 1.165) is 30.0 Å². The summed E-state index contributed by atoms with van der Waals surface area (Å²) in [6, 6.07) is 8.80. The Hall–Kier alpha value is -0.380. The fourth-order valence-electron chi connectivity index (χ4n) is 3.55. The lowest BCUT2D eigenvalue weighted by Gasteiger charge is -2.52. The number of benzene rings is 1. The third-order valence-corrected chi connectivity index (χ3v) is 6.21. The van der Waals surface area contributed by atoms with Gasteiger partial charge in [0.25, 0.3) is 0 Å². The van der Waals surface area contributed by atoms with Crippen molar-refractivity contribution in [3.8, 4) is 0 Å². The largest absolute Gasteiger partial charge is 0.308 e. The van der Waals surface area contributed by atoms with Crippen LogP contribution in [0.4, 0.5) is 0 Å². The van der Waals surface area contributed by atoms with Crippen molar-refractivity contribution < 1.29 is 0 Å². The maximum absolute atomic E-state index is 3.87. The maximum Gasteiger partial charge on any atom is 0.0309 e. The SMILES string of the molecule is CCC1(C)CNC(C)(C2CC2)CN1Cc1ccc(Br)cc1. The first-order valence-corrected chi connectivity index (χ1v) is 8.99. The van der Waals surface area contributed by atoms with Crippen molar-refractivity contribution >= 4 is 15.9 Å². The van der Waals surface area contributed by atoms with Gasteiger partial charge in [-0.05, 0) is 56.7 Å². The van der Waals surface area contributed by atoms with E-state index in [9.17, 15) is 0 Å². The summed E-state index contributed by atoms with van der Waals surface area (Å²) < 4.78 is 1.16. The molecule has 3 heteroatoms. The van der Waals surface area contributed by atoms with Gasteiger partial charge < -0.3 is 5.32 Å². The maximum atomic E-state index is 3.87. The van der Waals surface area contributed by atoms with Gasteiger partial charge in [0, 0.05) is 35.2 Å². The fraction of sp³-hybridized carbons (Fsp3) is 0.667. The molecule has 1 aliphatic heterocycles. The fourth-order valence-corrected chi connectivity index (χ4v) is 3.81. The molecule has 1 N–H and O–H groups in total. The summed E-state index contributed by atoms with van der Waals surface area (Å²) in [4.78, 5) is 2.71. The van der Waals surface area contributed by atoms with Crippen LogP contribution in [-0.2, 0) is 6.54 Å². The average molecular weight is 351 g/mol. The van der Waals surface area contributed by atoms with Gasteiger partial charge in [-0.2, -0.15) is 0 Å². The molecule has 1 saturated heterocycles. The summed E-state index contributed by atoms with van der Waals surface area (Å²) in [6.45, 7) is 10.5. The Morgan fingerprint density at radius 1 is 1.24 bits per heavy atom.